The minimum atomic E-state index is -3.17. The first-order valence-electron chi connectivity index (χ1n) is 12.5. The van der Waals surface area contributed by atoms with Gasteiger partial charge < -0.3 is 5.32 Å². The van der Waals surface area contributed by atoms with Crippen molar-refractivity contribution in [3.05, 3.63) is 149 Å². The summed E-state index contributed by atoms with van der Waals surface area (Å²) in [4.78, 5) is 0. The minimum absolute atomic E-state index is 0. The van der Waals surface area contributed by atoms with Gasteiger partial charge in [0.2, 0.25) is 0 Å². The van der Waals surface area contributed by atoms with Gasteiger partial charge in [0.1, 0.15) is 0 Å². The maximum absolute atomic E-state index is 8.74. The van der Waals surface area contributed by atoms with Crippen molar-refractivity contribution in [2.75, 3.05) is 6.54 Å². The Hall–Kier alpha value is -2.25. The molecule has 0 saturated carbocycles. The Bertz CT molecular complexity index is 1200. The van der Waals surface area contributed by atoms with Gasteiger partial charge in [0.25, 0.3) is 0 Å². The van der Waals surface area contributed by atoms with E-state index in [9.17, 15) is 0 Å². The predicted octanol–water partition coefficient (Wildman–Crippen LogP) is 6.83. The molecule has 172 valence electrons. The summed E-state index contributed by atoms with van der Waals surface area (Å²) in [5, 5.41) is 8.55. The third kappa shape index (κ3) is 6.45. The van der Waals surface area contributed by atoms with Crippen LogP contribution in [-0.4, -0.2) is 28.3 Å². The second kappa shape index (κ2) is 13.0. The third-order valence-electron chi connectivity index (χ3n) is 5.44. The quantitative estimate of drug-likeness (QED) is 0.259. The Morgan fingerprint density at radius 1 is 0.824 bits per heavy atom. The minimum Gasteiger partial charge on any atom is 3.00 e. The monoisotopic (exact) mass is 822 g/mol. The fourth-order valence-corrected chi connectivity index (χ4v) is 14.3. The summed E-state index contributed by atoms with van der Waals surface area (Å²) in [5.74, 6) is 0. The molecule has 5 rings (SSSR count). The van der Waals surface area contributed by atoms with Crippen molar-refractivity contribution in [2.24, 2.45) is 0 Å². The van der Waals surface area contributed by atoms with Crippen LogP contribution in [0.3, 0.4) is 0 Å². The average Bonchev–Trinajstić information content (AvgIpc) is 2.92. The van der Waals surface area contributed by atoms with Gasteiger partial charge >= 0.3 is 195 Å². The SMILES string of the molecule is C1=CC[N-]C=C1.[2H]C([2H])([2H])[C]1([Bi]([c]2ccccc2)[c]2ccccc2)C=C(c2ccccc2)[N-]C=C1C.[Ir+3]. The van der Waals surface area contributed by atoms with Crippen LogP contribution in [0.25, 0.3) is 16.3 Å². The van der Waals surface area contributed by atoms with Crippen LogP contribution in [0.2, 0.25) is 3.12 Å². The van der Waals surface area contributed by atoms with E-state index in [0.717, 1.165) is 23.4 Å². The number of nitrogens with zero attached hydrogens (tertiary/aromatic N) is 2. The van der Waals surface area contributed by atoms with Crippen LogP contribution < -0.4 is 6.54 Å². The van der Waals surface area contributed by atoms with Crippen LogP contribution in [0.15, 0.2) is 133 Å². The second-order valence-corrected chi connectivity index (χ2v) is 17.1. The van der Waals surface area contributed by atoms with E-state index in [4.69, 9.17) is 4.11 Å². The molecule has 0 N–H and O–H groups in total. The fourth-order valence-electron chi connectivity index (χ4n) is 3.70. The molecule has 0 radical (unpaired) electrons. The Balaban J connectivity index is 0.000000479. The fraction of sp³-hybridized carbons (Fsp3) is 0.133. The summed E-state index contributed by atoms with van der Waals surface area (Å²) in [6, 6.07) is 30.3. The van der Waals surface area contributed by atoms with Crippen molar-refractivity contribution in [2.45, 2.75) is 16.9 Å². The maximum atomic E-state index is 8.74. The van der Waals surface area contributed by atoms with Gasteiger partial charge in [0.15, 0.2) is 0 Å². The standard InChI is InChI=1S/C13H13N.2C6H5.C5H6N.Bi.Ir/c1-10-8-13(14-9-11(10)2)12-6-4-3-5-7-12;3*1-2-4-6-5-3-1;;/h3-9H,1-2H3;2*1-5H;1-4H,5H2;;/q-1;;;-1;;+3/i1D3;;;;;. The molecule has 2 aliphatic heterocycles. The summed E-state index contributed by atoms with van der Waals surface area (Å²) in [6.07, 6.45) is 11.5. The van der Waals surface area contributed by atoms with E-state index >= 15 is 0 Å². The molecule has 0 bridgehead atoms. The van der Waals surface area contributed by atoms with E-state index in [1.54, 1.807) is 12.4 Å². The molecule has 34 heavy (non-hydrogen) atoms. The molecule has 4 heteroatoms. The molecule has 0 fully saturated rings. The molecule has 1 unspecified atom stereocenters. The number of allylic oxidation sites excluding steroid dienone is 4. The maximum Gasteiger partial charge on any atom is 3.00 e. The second-order valence-electron chi connectivity index (χ2n) is 7.74. The van der Waals surface area contributed by atoms with Gasteiger partial charge in [0.05, 0.1) is 0 Å². The molecule has 0 saturated heterocycles. The molecule has 3 aromatic carbocycles. The van der Waals surface area contributed by atoms with E-state index in [1.807, 2.05) is 98.0 Å². The van der Waals surface area contributed by atoms with E-state index in [2.05, 4.69) is 34.9 Å². The number of benzene rings is 3. The van der Waals surface area contributed by atoms with Gasteiger partial charge in [-0.25, -0.2) is 0 Å². The molecule has 0 amide bonds. The molecule has 2 nitrogen and oxygen atoms in total. The zero-order chi connectivity index (χ0) is 25.4. The molecule has 1 atom stereocenters. The Labute approximate surface area is 229 Å². The van der Waals surface area contributed by atoms with Gasteiger partial charge in [0, 0.05) is 0 Å². The summed E-state index contributed by atoms with van der Waals surface area (Å²) < 4.78 is 27.6. The van der Waals surface area contributed by atoms with Gasteiger partial charge in [-0.3, -0.25) is 0 Å². The number of hydrogen-bond donors (Lipinski definition) is 0. The molecule has 2 heterocycles. The average molecular weight is 822 g/mol. The third-order valence-corrected chi connectivity index (χ3v) is 16.4. The van der Waals surface area contributed by atoms with Crippen molar-refractivity contribution in [1.82, 2.24) is 0 Å². The van der Waals surface area contributed by atoms with E-state index in [1.165, 1.54) is 6.54 Å². The zero-order valence-electron chi connectivity index (χ0n) is 22.0. The largest absolute Gasteiger partial charge is 3.00 e. The van der Waals surface area contributed by atoms with Crippen LogP contribution in [0.1, 0.15) is 23.5 Å². The van der Waals surface area contributed by atoms with Crippen LogP contribution in [0.5, 0.6) is 0 Å². The number of rotatable bonds is 4. The molecule has 3 aromatic rings. The summed E-state index contributed by atoms with van der Waals surface area (Å²) >= 11 is -3.17. The molecule has 2 aliphatic rings. The van der Waals surface area contributed by atoms with Crippen LogP contribution in [-0.2, 0) is 20.1 Å². The van der Waals surface area contributed by atoms with Crippen molar-refractivity contribution < 1.29 is 24.2 Å². The van der Waals surface area contributed by atoms with Crippen LogP contribution in [0.4, 0.5) is 0 Å². The molecular formula is C30H29BiIrN2+. The normalized spacial score (nSPS) is 20.0. The van der Waals surface area contributed by atoms with Crippen molar-refractivity contribution in [1.29, 1.82) is 0 Å². The van der Waals surface area contributed by atoms with Crippen LogP contribution in [0, 0.1) is 0 Å². The smallest absolute Gasteiger partial charge is 3.00 e. The Morgan fingerprint density at radius 2 is 1.41 bits per heavy atom. The van der Waals surface area contributed by atoms with Crippen molar-refractivity contribution >= 4 is 34.0 Å². The molecule has 0 spiro atoms. The Kier molecular flexibility index (Phi) is 8.50. The summed E-state index contributed by atoms with van der Waals surface area (Å²) in [6.45, 7) is 0.603. The van der Waals surface area contributed by atoms with Crippen molar-refractivity contribution in [3.8, 4) is 0 Å². The predicted molar refractivity (Wildman–Crippen MR) is 144 cm³/mol. The number of hydrogen-bond acceptors (Lipinski definition) is 0. The molecule has 0 aromatic heterocycles. The molecular weight excluding hydrogens is 790 g/mol. The van der Waals surface area contributed by atoms with Gasteiger partial charge in [-0.2, -0.15) is 6.20 Å². The van der Waals surface area contributed by atoms with Crippen LogP contribution >= 0.6 is 0 Å². The van der Waals surface area contributed by atoms with E-state index in [-0.39, 0.29) is 20.1 Å². The first-order valence-corrected chi connectivity index (χ1v) is 16.2. The van der Waals surface area contributed by atoms with Crippen molar-refractivity contribution in [3.63, 3.8) is 0 Å². The van der Waals surface area contributed by atoms with E-state index in [0.29, 0.717) is 0 Å². The van der Waals surface area contributed by atoms with Gasteiger partial charge in [-0.15, -0.1) is 12.6 Å². The first-order chi connectivity index (χ1) is 17.4. The van der Waals surface area contributed by atoms with Gasteiger partial charge in [-0.1, -0.05) is 12.2 Å². The van der Waals surface area contributed by atoms with E-state index < -0.39 is 31.7 Å². The van der Waals surface area contributed by atoms with Gasteiger partial charge in [-0.05, 0) is 0 Å². The summed E-state index contributed by atoms with van der Waals surface area (Å²) in [7, 11) is 0. The Morgan fingerprint density at radius 3 is 1.85 bits per heavy atom. The summed E-state index contributed by atoms with van der Waals surface area (Å²) in [5.41, 5.74) is 2.51. The zero-order valence-corrected chi connectivity index (χ0v) is 24.9. The molecule has 0 aliphatic carbocycles. The topological polar surface area (TPSA) is 28.2 Å². The first kappa shape index (κ1) is 22.2.